The van der Waals surface area contributed by atoms with Gasteiger partial charge in [0.25, 0.3) is 0 Å². The third kappa shape index (κ3) is 5.16. The summed E-state index contributed by atoms with van der Waals surface area (Å²) in [6.07, 6.45) is 2.28. The number of hydrogen-bond donors (Lipinski definition) is 0. The van der Waals surface area contributed by atoms with Crippen molar-refractivity contribution in [3.8, 4) is 55.6 Å². The first-order valence-electron chi connectivity index (χ1n) is 25.6. The second-order valence-electron chi connectivity index (χ2n) is 22.1. The van der Waals surface area contributed by atoms with Crippen molar-refractivity contribution in [1.29, 1.82) is 0 Å². The first-order valence-corrected chi connectivity index (χ1v) is 25.6. The molecule has 0 aliphatic heterocycles. The summed E-state index contributed by atoms with van der Waals surface area (Å²) in [5.41, 5.74) is 29.3. The van der Waals surface area contributed by atoms with E-state index in [2.05, 4.69) is 257 Å². The molecule has 0 fully saturated rings. The summed E-state index contributed by atoms with van der Waals surface area (Å²) in [5.74, 6) is 0. The van der Waals surface area contributed by atoms with Gasteiger partial charge in [0, 0.05) is 16.9 Å². The van der Waals surface area contributed by atoms with Crippen molar-refractivity contribution in [2.45, 2.75) is 62.2 Å². The average Bonchev–Trinajstić information content (AvgIpc) is 4.09. The van der Waals surface area contributed by atoms with Crippen LogP contribution in [0.2, 0.25) is 0 Å². The summed E-state index contributed by atoms with van der Waals surface area (Å²) >= 11 is 0. The molecule has 0 amide bonds. The number of fused-ring (bicyclic) bond motifs is 21. The smallest absolute Gasteiger partial charge is 0.0726 e. The highest BCUT2D eigenvalue weighted by Gasteiger charge is 2.54. The van der Waals surface area contributed by atoms with Gasteiger partial charge in [-0.25, -0.2) is 0 Å². The van der Waals surface area contributed by atoms with Crippen LogP contribution in [0.1, 0.15) is 96.2 Å². The predicted octanol–water partition coefficient (Wildman–Crippen LogP) is 17.9. The molecule has 2 spiro atoms. The van der Waals surface area contributed by atoms with Crippen molar-refractivity contribution in [3.05, 3.63) is 280 Å². The van der Waals surface area contributed by atoms with Crippen LogP contribution in [0.5, 0.6) is 0 Å². The lowest BCUT2D eigenvalue weighted by atomic mass is 9.61. The maximum Gasteiger partial charge on any atom is 0.0726 e. The van der Waals surface area contributed by atoms with Gasteiger partial charge < -0.3 is 4.90 Å². The van der Waals surface area contributed by atoms with Crippen molar-refractivity contribution in [2.24, 2.45) is 0 Å². The Morgan fingerprint density at radius 3 is 1.14 bits per heavy atom. The molecule has 0 heterocycles. The molecule has 10 aromatic carbocycles. The van der Waals surface area contributed by atoms with Crippen LogP contribution in [0.3, 0.4) is 0 Å². The van der Waals surface area contributed by atoms with Crippen LogP contribution in [0.4, 0.5) is 17.1 Å². The molecule has 10 aromatic rings. The van der Waals surface area contributed by atoms with E-state index in [0.717, 1.165) is 24.2 Å². The van der Waals surface area contributed by atoms with Crippen LogP contribution in [-0.4, -0.2) is 0 Å². The van der Waals surface area contributed by atoms with Gasteiger partial charge in [-0.1, -0.05) is 216 Å². The Kier molecular flexibility index (Phi) is 8.23. The molecular formula is C70H53N. The van der Waals surface area contributed by atoms with Gasteiger partial charge in [-0.3, -0.25) is 0 Å². The van der Waals surface area contributed by atoms with Crippen molar-refractivity contribution < 1.29 is 0 Å². The molecule has 71 heavy (non-hydrogen) atoms. The molecule has 0 bridgehead atoms. The van der Waals surface area contributed by atoms with E-state index < -0.39 is 10.8 Å². The summed E-state index contributed by atoms with van der Waals surface area (Å²) in [5, 5.41) is 0. The monoisotopic (exact) mass is 907 g/mol. The van der Waals surface area contributed by atoms with Gasteiger partial charge in [0.05, 0.1) is 16.5 Å². The Balaban J connectivity index is 1.08. The summed E-state index contributed by atoms with van der Waals surface area (Å²) < 4.78 is 0. The summed E-state index contributed by atoms with van der Waals surface area (Å²) in [7, 11) is 0. The van der Waals surface area contributed by atoms with E-state index >= 15 is 0 Å². The van der Waals surface area contributed by atoms with Crippen LogP contribution in [0.25, 0.3) is 55.6 Å². The molecule has 1 nitrogen and oxygen atoms in total. The van der Waals surface area contributed by atoms with Crippen molar-refractivity contribution >= 4 is 17.1 Å². The molecular weight excluding hydrogens is 855 g/mol. The zero-order valence-electron chi connectivity index (χ0n) is 40.7. The van der Waals surface area contributed by atoms with Gasteiger partial charge >= 0.3 is 0 Å². The Hall–Kier alpha value is -8.00. The molecule has 0 radical (unpaired) electrons. The fourth-order valence-corrected chi connectivity index (χ4v) is 14.7. The minimum absolute atomic E-state index is 0.0350. The molecule has 0 saturated carbocycles. The Labute approximate surface area is 417 Å². The highest BCUT2D eigenvalue weighted by atomic mass is 15.1. The standard InChI is InChI=1S/C70H53N/c1-67(2)39-40-68(3,4)66-53(29-20-36-62(66)67)55-42-54-51-28-13-19-35-61(51)70(58-32-16-10-25-48(58)49-26-11-17-33-59(49)70)64(54)43-65(55)71(44-21-6-5-7-22-44)45-37-38-52-50-27-12-18-34-60(50)69(63(52)41-45)56-30-14-8-23-46(56)47-24-9-15-31-57(47)69/h5-38,41-43H,39-40H2,1-4H3. The summed E-state index contributed by atoms with van der Waals surface area (Å²) in [6, 6.07) is 86.2. The van der Waals surface area contributed by atoms with Crippen LogP contribution < -0.4 is 4.90 Å². The normalized spacial score (nSPS) is 16.5. The van der Waals surface area contributed by atoms with E-state index in [1.807, 2.05) is 0 Å². The van der Waals surface area contributed by atoms with Crippen LogP contribution in [0, 0.1) is 0 Å². The Morgan fingerprint density at radius 1 is 0.268 bits per heavy atom. The molecule has 0 N–H and O–H groups in total. The summed E-state index contributed by atoms with van der Waals surface area (Å²) in [4.78, 5) is 2.61. The van der Waals surface area contributed by atoms with Gasteiger partial charge in [-0.15, -0.1) is 0 Å². The van der Waals surface area contributed by atoms with E-state index in [0.29, 0.717) is 0 Å². The number of hydrogen-bond acceptors (Lipinski definition) is 1. The van der Waals surface area contributed by atoms with Gasteiger partial charge in [0.1, 0.15) is 0 Å². The third-order valence-electron chi connectivity index (χ3n) is 17.7. The molecule has 1 heteroatoms. The number of rotatable bonds is 4. The number of benzene rings is 10. The van der Waals surface area contributed by atoms with Crippen molar-refractivity contribution in [3.63, 3.8) is 0 Å². The van der Waals surface area contributed by atoms with E-state index in [1.54, 1.807) is 0 Å². The van der Waals surface area contributed by atoms with E-state index in [1.165, 1.54) is 117 Å². The Bertz CT molecular complexity index is 3790. The highest BCUT2D eigenvalue weighted by Crippen LogP contribution is 2.66. The number of anilines is 3. The topological polar surface area (TPSA) is 3.24 Å². The molecule has 15 rings (SSSR count). The van der Waals surface area contributed by atoms with Crippen LogP contribution >= 0.6 is 0 Å². The lowest BCUT2D eigenvalue weighted by molar-refractivity contribution is 0.333. The Morgan fingerprint density at radius 2 is 0.648 bits per heavy atom. The van der Waals surface area contributed by atoms with E-state index in [9.17, 15) is 0 Å². The van der Waals surface area contributed by atoms with Crippen LogP contribution in [0.15, 0.2) is 224 Å². The zero-order chi connectivity index (χ0) is 47.4. The van der Waals surface area contributed by atoms with E-state index in [-0.39, 0.29) is 10.8 Å². The second kappa shape index (κ2) is 14.3. The fraction of sp³-hybridized carbons (Fsp3) is 0.143. The summed E-state index contributed by atoms with van der Waals surface area (Å²) in [6.45, 7) is 9.88. The molecule has 0 atom stereocenters. The predicted molar refractivity (Wildman–Crippen MR) is 294 cm³/mol. The van der Waals surface area contributed by atoms with Gasteiger partial charge in [-0.05, 0) is 166 Å². The molecule has 0 aromatic heterocycles. The van der Waals surface area contributed by atoms with Crippen molar-refractivity contribution in [1.82, 2.24) is 0 Å². The van der Waals surface area contributed by atoms with Gasteiger partial charge in [0.2, 0.25) is 0 Å². The maximum atomic E-state index is 2.63. The number of nitrogens with zero attached hydrogens (tertiary/aromatic N) is 1. The first kappa shape index (κ1) is 40.8. The quantitative estimate of drug-likeness (QED) is 0.170. The number of para-hydroxylation sites is 1. The molecule has 5 aliphatic carbocycles. The van der Waals surface area contributed by atoms with Crippen LogP contribution in [-0.2, 0) is 21.7 Å². The minimum Gasteiger partial charge on any atom is -0.310 e. The minimum atomic E-state index is -0.507. The molecule has 338 valence electrons. The highest BCUT2D eigenvalue weighted by molar-refractivity contribution is 6.02. The van der Waals surface area contributed by atoms with Crippen molar-refractivity contribution in [2.75, 3.05) is 4.90 Å². The lowest BCUT2D eigenvalue weighted by Gasteiger charge is -2.43. The maximum absolute atomic E-state index is 2.63. The van der Waals surface area contributed by atoms with Gasteiger partial charge in [0.15, 0.2) is 0 Å². The average molecular weight is 908 g/mol. The third-order valence-corrected chi connectivity index (χ3v) is 17.7. The molecule has 0 saturated heterocycles. The first-order chi connectivity index (χ1) is 34.7. The van der Waals surface area contributed by atoms with Gasteiger partial charge in [-0.2, -0.15) is 0 Å². The van der Waals surface area contributed by atoms with E-state index in [4.69, 9.17) is 0 Å². The SMILES string of the molecule is CC1(C)CCC(C)(C)c2c(-c3cc4c(cc3N(c3ccccc3)c3ccc5c(c3)C3(c6ccccc6-c6ccccc63)c3ccccc3-5)C3(c5ccccc5-c5ccccc53)c3ccccc3-4)cccc21. The lowest BCUT2D eigenvalue weighted by Crippen LogP contribution is -2.34. The second-order valence-corrected chi connectivity index (χ2v) is 22.1. The molecule has 5 aliphatic rings. The molecule has 0 unspecified atom stereocenters. The fourth-order valence-electron chi connectivity index (χ4n) is 14.7. The zero-order valence-corrected chi connectivity index (χ0v) is 40.7. The largest absolute Gasteiger partial charge is 0.310 e.